The Bertz CT molecular complexity index is 462. The van der Waals surface area contributed by atoms with Gasteiger partial charge in [0.05, 0.1) is 5.56 Å². The summed E-state index contributed by atoms with van der Waals surface area (Å²) >= 11 is 0. The van der Waals surface area contributed by atoms with Crippen LogP contribution in [0.3, 0.4) is 0 Å². The molecule has 0 atom stereocenters. The molecule has 1 aromatic carbocycles. The first-order valence-electron chi connectivity index (χ1n) is 6.62. The average molecular weight is 262 g/mol. The van der Waals surface area contributed by atoms with E-state index in [2.05, 4.69) is 4.90 Å². The maximum Gasteiger partial charge on any atom is 0.140 e. The van der Waals surface area contributed by atoms with E-state index < -0.39 is 5.82 Å². The number of likely N-dealkylation sites (tertiary alicyclic amines) is 1. The van der Waals surface area contributed by atoms with Gasteiger partial charge in [0.15, 0.2) is 0 Å². The van der Waals surface area contributed by atoms with E-state index in [9.17, 15) is 4.39 Å². The lowest BCUT2D eigenvalue weighted by molar-refractivity contribution is 0.0968. The van der Waals surface area contributed by atoms with Gasteiger partial charge in [0.2, 0.25) is 0 Å². The maximum atomic E-state index is 13.2. The molecule has 0 N–H and O–H groups in total. The first-order chi connectivity index (χ1) is 9.22. The summed E-state index contributed by atoms with van der Waals surface area (Å²) in [7, 11) is 1.74. The molecule has 0 aliphatic carbocycles. The fourth-order valence-electron chi connectivity index (χ4n) is 2.56. The van der Waals surface area contributed by atoms with Crippen LogP contribution < -0.4 is 0 Å². The molecule has 1 heterocycles. The Morgan fingerprint density at radius 1 is 1.42 bits per heavy atom. The van der Waals surface area contributed by atoms with Gasteiger partial charge in [-0.3, -0.25) is 4.90 Å². The predicted octanol–water partition coefficient (Wildman–Crippen LogP) is 2.56. The van der Waals surface area contributed by atoms with Crippen molar-refractivity contribution in [3.8, 4) is 6.07 Å². The molecule has 19 heavy (non-hydrogen) atoms. The third-order valence-electron chi connectivity index (χ3n) is 3.67. The van der Waals surface area contributed by atoms with Crippen molar-refractivity contribution >= 4 is 0 Å². The minimum atomic E-state index is -0.440. The summed E-state index contributed by atoms with van der Waals surface area (Å²) in [6.45, 7) is 3.69. The number of nitriles is 1. The fraction of sp³-hybridized carbons (Fsp3) is 0.533. The molecule has 4 heteroatoms. The van der Waals surface area contributed by atoms with Crippen molar-refractivity contribution in [1.82, 2.24) is 4.90 Å². The number of benzene rings is 1. The van der Waals surface area contributed by atoms with Crippen LogP contribution in [0.15, 0.2) is 18.2 Å². The van der Waals surface area contributed by atoms with Gasteiger partial charge in [0.1, 0.15) is 11.9 Å². The molecule has 1 saturated heterocycles. The van der Waals surface area contributed by atoms with E-state index in [4.69, 9.17) is 10.00 Å². The highest BCUT2D eigenvalue weighted by Crippen LogP contribution is 2.20. The van der Waals surface area contributed by atoms with E-state index >= 15 is 0 Å². The molecule has 0 aromatic heterocycles. The monoisotopic (exact) mass is 262 g/mol. The number of nitrogens with zero attached hydrogens (tertiary/aromatic N) is 2. The van der Waals surface area contributed by atoms with Gasteiger partial charge < -0.3 is 4.74 Å². The molecule has 0 radical (unpaired) electrons. The summed E-state index contributed by atoms with van der Waals surface area (Å²) in [5.41, 5.74) is 1.13. The predicted molar refractivity (Wildman–Crippen MR) is 71.0 cm³/mol. The zero-order chi connectivity index (χ0) is 13.7. The van der Waals surface area contributed by atoms with Gasteiger partial charge >= 0.3 is 0 Å². The second-order valence-electron chi connectivity index (χ2n) is 5.10. The van der Waals surface area contributed by atoms with Gasteiger partial charge in [0, 0.05) is 20.3 Å². The summed E-state index contributed by atoms with van der Waals surface area (Å²) in [6.07, 6.45) is 2.28. The summed E-state index contributed by atoms with van der Waals surface area (Å²) in [4.78, 5) is 2.35. The van der Waals surface area contributed by atoms with Crippen LogP contribution in [-0.4, -0.2) is 31.7 Å². The topological polar surface area (TPSA) is 36.3 Å². The lowest BCUT2D eigenvalue weighted by Gasteiger charge is -2.31. The van der Waals surface area contributed by atoms with Crippen molar-refractivity contribution in [3.63, 3.8) is 0 Å². The van der Waals surface area contributed by atoms with Crippen LogP contribution in [-0.2, 0) is 11.3 Å². The van der Waals surface area contributed by atoms with Crippen molar-refractivity contribution in [1.29, 1.82) is 5.26 Å². The van der Waals surface area contributed by atoms with Gasteiger partial charge in [-0.1, -0.05) is 6.07 Å². The largest absolute Gasteiger partial charge is 0.384 e. The minimum absolute atomic E-state index is 0.131. The summed E-state index contributed by atoms with van der Waals surface area (Å²) < 4.78 is 18.4. The second-order valence-corrected chi connectivity index (χ2v) is 5.10. The SMILES string of the molecule is COCC1CCN(Cc2ccc(F)c(C#N)c2)CC1. The number of piperidine rings is 1. The molecule has 1 aliphatic heterocycles. The zero-order valence-corrected chi connectivity index (χ0v) is 11.2. The summed E-state index contributed by atoms with van der Waals surface area (Å²) in [6, 6.07) is 6.68. The van der Waals surface area contributed by atoms with E-state index in [1.54, 1.807) is 19.2 Å². The molecule has 3 nitrogen and oxygen atoms in total. The smallest absolute Gasteiger partial charge is 0.140 e. The number of ether oxygens (including phenoxy) is 1. The number of hydrogen-bond donors (Lipinski definition) is 0. The van der Waals surface area contributed by atoms with E-state index in [1.165, 1.54) is 6.07 Å². The van der Waals surface area contributed by atoms with Crippen molar-refractivity contribution in [2.75, 3.05) is 26.8 Å². The number of rotatable bonds is 4. The van der Waals surface area contributed by atoms with Crippen LogP contribution in [0.4, 0.5) is 4.39 Å². The Hall–Kier alpha value is -1.44. The van der Waals surface area contributed by atoms with Gasteiger partial charge in [-0.2, -0.15) is 5.26 Å². The van der Waals surface area contributed by atoms with Crippen molar-refractivity contribution < 1.29 is 9.13 Å². The number of methoxy groups -OCH3 is 1. The van der Waals surface area contributed by atoms with Crippen LogP contribution >= 0.6 is 0 Å². The molecular weight excluding hydrogens is 243 g/mol. The van der Waals surface area contributed by atoms with Crippen molar-refractivity contribution in [2.45, 2.75) is 19.4 Å². The minimum Gasteiger partial charge on any atom is -0.384 e. The molecule has 102 valence electrons. The molecule has 0 bridgehead atoms. The lowest BCUT2D eigenvalue weighted by atomic mass is 9.97. The van der Waals surface area contributed by atoms with E-state index in [0.29, 0.717) is 5.92 Å². The average Bonchev–Trinajstić information content (AvgIpc) is 2.43. The first-order valence-corrected chi connectivity index (χ1v) is 6.62. The Morgan fingerprint density at radius 2 is 2.16 bits per heavy atom. The molecule has 1 aromatic rings. The van der Waals surface area contributed by atoms with Crippen LogP contribution in [0.1, 0.15) is 24.0 Å². The molecule has 1 fully saturated rings. The normalized spacial score (nSPS) is 17.3. The van der Waals surface area contributed by atoms with E-state index in [-0.39, 0.29) is 5.56 Å². The maximum absolute atomic E-state index is 13.2. The van der Waals surface area contributed by atoms with Crippen LogP contribution in [0.25, 0.3) is 0 Å². The molecule has 0 saturated carbocycles. The highest BCUT2D eigenvalue weighted by Gasteiger charge is 2.19. The quantitative estimate of drug-likeness (QED) is 0.836. The highest BCUT2D eigenvalue weighted by molar-refractivity contribution is 5.34. The van der Waals surface area contributed by atoms with Gasteiger partial charge in [-0.25, -0.2) is 4.39 Å². The Kier molecular flexibility index (Phi) is 4.89. The zero-order valence-electron chi connectivity index (χ0n) is 11.2. The van der Waals surface area contributed by atoms with E-state index in [0.717, 1.165) is 44.6 Å². The Morgan fingerprint density at radius 3 is 2.79 bits per heavy atom. The van der Waals surface area contributed by atoms with Crippen LogP contribution in [0.2, 0.25) is 0 Å². The summed E-state index contributed by atoms with van der Waals surface area (Å²) in [5.74, 6) is 0.217. The Labute approximate surface area is 113 Å². The molecule has 0 unspecified atom stereocenters. The highest BCUT2D eigenvalue weighted by atomic mass is 19.1. The first kappa shape index (κ1) is 14.0. The van der Waals surface area contributed by atoms with Gasteiger partial charge in [-0.15, -0.1) is 0 Å². The number of halogens is 1. The molecule has 2 rings (SSSR count). The molecule has 0 spiro atoms. The van der Waals surface area contributed by atoms with Crippen molar-refractivity contribution in [2.24, 2.45) is 5.92 Å². The lowest BCUT2D eigenvalue weighted by Crippen LogP contribution is -2.34. The van der Waals surface area contributed by atoms with Crippen LogP contribution in [0.5, 0.6) is 0 Å². The van der Waals surface area contributed by atoms with Gasteiger partial charge in [-0.05, 0) is 49.5 Å². The third kappa shape index (κ3) is 3.76. The third-order valence-corrected chi connectivity index (χ3v) is 3.67. The fourth-order valence-corrected chi connectivity index (χ4v) is 2.56. The summed E-state index contributed by atoms with van der Waals surface area (Å²) in [5, 5.41) is 8.83. The molecule has 0 amide bonds. The standard InChI is InChI=1S/C15H19FN2O/c1-19-11-12-4-6-18(7-5-12)10-13-2-3-15(16)14(8-13)9-17/h2-3,8,12H,4-7,10-11H2,1H3. The van der Waals surface area contributed by atoms with Crippen molar-refractivity contribution in [3.05, 3.63) is 35.1 Å². The van der Waals surface area contributed by atoms with E-state index in [1.807, 2.05) is 6.07 Å². The van der Waals surface area contributed by atoms with Gasteiger partial charge in [0.25, 0.3) is 0 Å². The second kappa shape index (κ2) is 6.65. The molecular formula is C15H19FN2O. The molecule has 1 aliphatic rings. The Balaban J connectivity index is 1.91. The van der Waals surface area contributed by atoms with Crippen LogP contribution in [0, 0.1) is 23.1 Å². The number of hydrogen-bond acceptors (Lipinski definition) is 3.